The molecule has 2 rings (SSSR count). The van der Waals surface area contributed by atoms with Gasteiger partial charge in [-0.25, -0.2) is 0 Å². The molecule has 3 N–H and O–H groups in total. The number of nitrogens with zero attached hydrogens (tertiary/aromatic N) is 2. The summed E-state index contributed by atoms with van der Waals surface area (Å²) in [5.74, 6) is 1.06. The minimum absolute atomic E-state index is 0.551. The number of anilines is 1. The average Bonchev–Trinajstić information content (AvgIpc) is 2.75. The molecule has 0 radical (unpaired) electrons. The molecule has 15 heavy (non-hydrogen) atoms. The Morgan fingerprint density at radius 2 is 2.13 bits per heavy atom. The van der Waals surface area contributed by atoms with E-state index in [1.807, 2.05) is 30.3 Å². The molecule has 80 valence electrons. The fourth-order valence-electron chi connectivity index (χ4n) is 1.63. The van der Waals surface area contributed by atoms with E-state index in [-0.39, 0.29) is 0 Å². The highest BCUT2D eigenvalue weighted by atomic mass is 15.3. The molecule has 1 aliphatic rings. The van der Waals surface area contributed by atoms with Crippen LogP contribution in [-0.2, 0) is 0 Å². The molecule has 1 aromatic carbocycles. The molecular weight excluding hydrogens is 188 g/mol. The number of rotatable bonds is 4. The van der Waals surface area contributed by atoms with Crippen molar-refractivity contribution in [2.24, 2.45) is 10.7 Å². The van der Waals surface area contributed by atoms with Crippen LogP contribution in [0.3, 0.4) is 0 Å². The Kier molecular flexibility index (Phi) is 3.19. The van der Waals surface area contributed by atoms with Gasteiger partial charge in [0.2, 0.25) is 0 Å². The maximum absolute atomic E-state index is 5.61. The molecule has 0 atom stereocenters. The summed E-state index contributed by atoms with van der Waals surface area (Å²) in [4.78, 5) is 6.50. The first-order valence-electron chi connectivity index (χ1n) is 5.17. The van der Waals surface area contributed by atoms with E-state index in [4.69, 9.17) is 5.73 Å². The summed E-state index contributed by atoms with van der Waals surface area (Å²) < 4.78 is 0. The summed E-state index contributed by atoms with van der Waals surface area (Å²) in [6.45, 7) is 3.11. The fourth-order valence-corrected chi connectivity index (χ4v) is 1.63. The molecule has 1 aromatic rings. The number of benzene rings is 1. The van der Waals surface area contributed by atoms with E-state index in [0.29, 0.717) is 6.67 Å². The van der Waals surface area contributed by atoms with Crippen LogP contribution in [-0.4, -0.2) is 37.0 Å². The van der Waals surface area contributed by atoms with E-state index < -0.39 is 0 Å². The Balaban J connectivity index is 1.88. The number of nitrogens with one attached hydrogen (secondary N) is 1. The quantitative estimate of drug-likeness (QED) is 0.760. The van der Waals surface area contributed by atoms with Gasteiger partial charge in [-0.1, -0.05) is 18.2 Å². The van der Waals surface area contributed by atoms with Crippen LogP contribution < -0.4 is 11.1 Å². The number of amidine groups is 1. The van der Waals surface area contributed by atoms with Gasteiger partial charge in [0.1, 0.15) is 5.84 Å². The van der Waals surface area contributed by atoms with Crippen LogP contribution in [0.2, 0.25) is 0 Å². The Hall–Kier alpha value is -1.55. The van der Waals surface area contributed by atoms with Gasteiger partial charge in [-0.2, -0.15) is 0 Å². The molecule has 0 saturated carbocycles. The highest BCUT2D eigenvalue weighted by Gasteiger charge is 2.13. The zero-order chi connectivity index (χ0) is 10.5. The van der Waals surface area contributed by atoms with Crippen LogP contribution in [0.4, 0.5) is 5.69 Å². The van der Waals surface area contributed by atoms with Crippen molar-refractivity contribution in [2.45, 2.75) is 0 Å². The minimum atomic E-state index is 0.551. The van der Waals surface area contributed by atoms with Crippen LogP contribution >= 0.6 is 0 Å². The lowest BCUT2D eigenvalue weighted by Crippen LogP contribution is -2.36. The second-order valence-corrected chi connectivity index (χ2v) is 3.46. The Labute approximate surface area is 89.8 Å². The van der Waals surface area contributed by atoms with Crippen molar-refractivity contribution in [3.63, 3.8) is 0 Å². The van der Waals surface area contributed by atoms with Gasteiger partial charge in [-0.05, 0) is 12.1 Å². The normalized spacial score (nSPS) is 15.3. The number of nitrogens with two attached hydrogens (primary N) is 1. The Bertz CT molecular complexity index is 334. The maximum Gasteiger partial charge on any atom is 0.119 e. The van der Waals surface area contributed by atoms with Crippen LogP contribution in [0.1, 0.15) is 0 Å². The molecule has 0 saturated heterocycles. The van der Waals surface area contributed by atoms with Crippen molar-refractivity contribution in [3.8, 4) is 0 Å². The Morgan fingerprint density at radius 3 is 2.87 bits per heavy atom. The number of hydrogen-bond acceptors (Lipinski definition) is 4. The van der Waals surface area contributed by atoms with Crippen molar-refractivity contribution in [3.05, 3.63) is 30.3 Å². The second kappa shape index (κ2) is 4.79. The molecule has 1 heterocycles. The van der Waals surface area contributed by atoms with Crippen LogP contribution in [0.15, 0.2) is 35.3 Å². The van der Waals surface area contributed by atoms with Gasteiger partial charge in [0, 0.05) is 12.2 Å². The van der Waals surface area contributed by atoms with Crippen LogP contribution in [0.25, 0.3) is 0 Å². The molecule has 0 aliphatic carbocycles. The summed E-state index contributed by atoms with van der Waals surface area (Å²) in [7, 11) is 0. The van der Waals surface area contributed by atoms with Gasteiger partial charge in [-0.3, -0.25) is 4.99 Å². The van der Waals surface area contributed by atoms with Crippen molar-refractivity contribution >= 4 is 11.5 Å². The maximum atomic E-state index is 5.61. The average molecular weight is 204 g/mol. The fraction of sp³-hybridized carbons (Fsp3) is 0.364. The first kappa shape index (κ1) is 9.98. The largest absolute Gasteiger partial charge is 0.378 e. The molecule has 0 spiro atoms. The highest BCUT2D eigenvalue weighted by Crippen LogP contribution is 2.06. The molecule has 0 fully saturated rings. The standard InChI is InChI=1S/C11H16N4/c12-9-15-7-6-13-11(15)8-14-10-4-2-1-3-5-10/h1-5,14H,6-9,12H2. The lowest BCUT2D eigenvalue weighted by atomic mass is 10.3. The van der Waals surface area contributed by atoms with Crippen molar-refractivity contribution in [1.29, 1.82) is 0 Å². The summed E-state index contributed by atoms with van der Waals surface area (Å²) in [6.07, 6.45) is 0. The first-order valence-corrected chi connectivity index (χ1v) is 5.17. The van der Waals surface area contributed by atoms with E-state index in [0.717, 1.165) is 31.2 Å². The molecule has 0 unspecified atom stereocenters. The monoisotopic (exact) mass is 204 g/mol. The van der Waals surface area contributed by atoms with E-state index >= 15 is 0 Å². The van der Waals surface area contributed by atoms with Crippen molar-refractivity contribution in [2.75, 3.05) is 31.6 Å². The van der Waals surface area contributed by atoms with E-state index in [1.165, 1.54) is 0 Å². The van der Waals surface area contributed by atoms with Crippen molar-refractivity contribution in [1.82, 2.24) is 4.90 Å². The van der Waals surface area contributed by atoms with Gasteiger partial charge < -0.3 is 16.0 Å². The summed E-state index contributed by atoms with van der Waals surface area (Å²) in [5, 5.41) is 3.32. The summed E-state index contributed by atoms with van der Waals surface area (Å²) in [6, 6.07) is 10.1. The predicted molar refractivity (Wildman–Crippen MR) is 63.0 cm³/mol. The van der Waals surface area contributed by atoms with Crippen LogP contribution in [0, 0.1) is 0 Å². The minimum Gasteiger partial charge on any atom is -0.378 e. The molecule has 4 heteroatoms. The number of para-hydroxylation sites is 1. The lowest BCUT2D eigenvalue weighted by Gasteiger charge is -2.18. The molecular formula is C11H16N4. The van der Waals surface area contributed by atoms with E-state index in [2.05, 4.69) is 15.2 Å². The lowest BCUT2D eigenvalue weighted by molar-refractivity contribution is 0.468. The van der Waals surface area contributed by atoms with Gasteiger partial charge in [0.05, 0.1) is 19.8 Å². The third-order valence-electron chi connectivity index (χ3n) is 2.47. The van der Waals surface area contributed by atoms with Gasteiger partial charge >= 0.3 is 0 Å². The topological polar surface area (TPSA) is 53.6 Å². The van der Waals surface area contributed by atoms with Gasteiger partial charge in [0.15, 0.2) is 0 Å². The second-order valence-electron chi connectivity index (χ2n) is 3.46. The van der Waals surface area contributed by atoms with Crippen molar-refractivity contribution < 1.29 is 0 Å². The molecule has 0 bridgehead atoms. The third kappa shape index (κ3) is 2.47. The molecule has 0 aromatic heterocycles. The van der Waals surface area contributed by atoms with E-state index in [9.17, 15) is 0 Å². The third-order valence-corrected chi connectivity index (χ3v) is 2.47. The smallest absolute Gasteiger partial charge is 0.119 e. The Morgan fingerprint density at radius 1 is 1.33 bits per heavy atom. The SMILES string of the molecule is NCN1CCN=C1CNc1ccccc1. The summed E-state index contributed by atoms with van der Waals surface area (Å²) in [5.41, 5.74) is 6.73. The number of hydrogen-bond donors (Lipinski definition) is 2. The highest BCUT2D eigenvalue weighted by molar-refractivity contribution is 5.87. The molecule has 1 aliphatic heterocycles. The first-order chi connectivity index (χ1) is 7.40. The summed E-state index contributed by atoms with van der Waals surface area (Å²) >= 11 is 0. The van der Waals surface area contributed by atoms with Gasteiger partial charge in [-0.15, -0.1) is 0 Å². The molecule has 4 nitrogen and oxygen atoms in total. The zero-order valence-corrected chi connectivity index (χ0v) is 8.69. The predicted octanol–water partition coefficient (Wildman–Crippen LogP) is 0.729. The van der Waals surface area contributed by atoms with Gasteiger partial charge in [0.25, 0.3) is 0 Å². The zero-order valence-electron chi connectivity index (χ0n) is 8.69. The van der Waals surface area contributed by atoms with Crippen LogP contribution in [0.5, 0.6) is 0 Å². The van der Waals surface area contributed by atoms with E-state index in [1.54, 1.807) is 0 Å². The molecule has 0 amide bonds. The number of aliphatic imine (C=N–C) groups is 1.